The van der Waals surface area contributed by atoms with Crippen LogP contribution in [0.4, 0.5) is 0 Å². The van der Waals surface area contributed by atoms with Crippen molar-refractivity contribution in [1.82, 2.24) is 9.88 Å². The summed E-state index contributed by atoms with van der Waals surface area (Å²) >= 11 is 3.46. The lowest BCUT2D eigenvalue weighted by Gasteiger charge is -2.09. The summed E-state index contributed by atoms with van der Waals surface area (Å²) in [6.07, 6.45) is 2.98. The average Bonchev–Trinajstić information content (AvgIpc) is 2.71. The van der Waals surface area contributed by atoms with Crippen LogP contribution >= 0.6 is 15.9 Å². The second-order valence-corrected chi connectivity index (χ2v) is 6.09. The minimum Gasteiger partial charge on any atom is -0.355 e. The number of fused-ring (bicyclic) bond motifs is 1. The summed E-state index contributed by atoms with van der Waals surface area (Å²) in [5.74, 6) is 0.682. The molecule has 0 bridgehead atoms. The maximum Gasteiger partial charge on any atom is 0.239 e. The van der Waals surface area contributed by atoms with E-state index in [1.165, 1.54) is 0 Å². The zero-order valence-corrected chi connectivity index (χ0v) is 12.9. The number of carbonyl (C=O) groups excluding carboxylic acids is 1. The molecule has 0 atom stereocenters. The number of rotatable bonds is 5. The molecule has 1 N–H and O–H groups in total. The van der Waals surface area contributed by atoms with Crippen LogP contribution in [0.3, 0.4) is 0 Å². The molecule has 1 aromatic heterocycles. The summed E-state index contributed by atoms with van der Waals surface area (Å²) in [4.78, 5) is 11.9. The van der Waals surface area contributed by atoms with E-state index in [2.05, 4.69) is 35.1 Å². The van der Waals surface area contributed by atoms with E-state index in [4.69, 9.17) is 0 Å². The van der Waals surface area contributed by atoms with E-state index in [1.807, 2.05) is 35.0 Å². The van der Waals surface area contributed by atoms with E-state index in [-0.39, 0.29) is 5.91 Å². The summed E-state index contributed by atoms with van der Waals surface area (Å²) in [5.41, 5.74) is 1.08. The fourth-order valence-corrected chi connectivity index (χ4v) is 2.35. The Bertz CT molecular complexity index is 575. The van der Waals surface area contributed by atoms with Crippen molar-refractivity contribution in [2.24, 2.45) is 5.92 Å². The van der Waals surface area contributed by atoms with Gasteiger partial charge in [-0.3, -0.25) is 4.79 Å². The molecule has 1 aromatic carbocycles. The van der Waals surface area contributed by atoms with Gasteiger partial charge in [0.05, 0.1) is 0 Å². The average molecular weight is 323 g/mol. The molecule has 19 heavy (non-hydrogen) atoms. The summed E-state index contributed by atoms with van der Waals surface area (Å²) in [5, 5.41) is 4.11. The van der Waals surface area contributed by atoms with Gasteiger partial charge in [0.1, 0.15) is 6.54 Å². The second-order valence-electron chi connectivity index (χ2n) is 5.18. The summed E-state index contributed by atoms with van der Waals surface area (Å²) in [7, 11) is 0. The molecule has 0 spiro atoms. The molecule has 0 aliphatic rings. The summed E-state index contributed by atoms with van der Waals surface area (Å²) < 4.78 is 3.00. The third kappa shape index (κ3) is 3.83. The molecule has 0 aliphatic carbocycles. The molecule has 2 rings (SSSR count). The van der Waals surface area contributed by atoms with Gasteiger partial charge in [-0.2, -0.15) is 0 Å². The Labute approximate surface area is 122 Å². The van der Waals surface area contributed by atoms with Crippen molar-refractivity contribution in [1.29, 1.82) is 0 Å². The number of halogens is 1. The number of aromatic nitrogens is 1. The number of benzene rings is 1. The van der Waals surface area contributed by atoms with Crippen molar-refractivity contribution >= 4 is 32.7 Å². The monoisotopic (exact) mass is 322 g/mol. The summed E-state index contributed by atoms with van der Waals surface area (Å²) in [6.45, 7) is 5.43. The van der Waals surface area contributed by atoms with E-state index in [9.17, 15) is 4.79 Å². The Morgan fingerprint density at radius 1 is 1.37 bits per heavy atom. The number of nitrogens with zero attached hydrogens (tertiary/aromatic N) is 1. The normalized spacial score (nSPS) is 11.2. The number of amides is 1. The van der Waals surface area contributed by atoms with Crippen LogP contribution in [-0.4, -0.2) is 17.0 Å². The Balaban J connectivity index is 2.01. The molecule has 2 aromatic rings. The minimum absolute atomic E-state index is 0.0677. The lowest BCUT2D eigenvalue weighted by Crippen LogP contribution is -2.28. The van der Waals surface area contributed by atoms with Crippen LogP contribution in [0, 0.1) is 5.92 Å². The van der Waals surface area contributed by atoms with Crippen molar-refractivity contribution in [3.63, 3.8) is 0 Å². The predicted octanol–water partition coefficient (Wildman–Crippen LogP) is 3.57. The van der Waals surface area contributed by atoms with Gasteiger partial charge in [-0.1, -0.05) is 35.8 Å². The molecule has 0 saturated heterocycles. The van der Waals surface area contributed by atoms with Gasteiger partial charge in [0.2, 0.25) is 5.91 Å². The first kappa shape index (κ1) is 14.1. The first-order valence-electron chi connectivity index (χ1n) is 6.57. The first-order valence-corrected chi connectivity index (χ1v) is 7.36. The molecule has 102 valence electrons. The predicted molar refractivity (Wildman–Crippen MR) is 82.1 cm³/mol. The van der Waals surface area contributed by atoms with E-state index in [0.29, 0.717) is 12.5 Å². The summed E-state index contributed by atoms with van der Waals surface area (Å²) in [6, 6.07) is 8.13. The van der Waals surface area contributed by atoms with Gasteiger partial charge in [-0.25, -0.2) is 0 Å². The van der Waals surface area contributed by atoms with E-state index < -0.39 is 0 Å². The topological polar surface area (TPSA) is 34.0 Å². The maximum atomic E-state index is 11.9. The highest BCUT2D eigenvalue weighted by molar-refractivity contribution is 9.10. The molecule has 3 nitrogen and oxygen atoms in total. The highest BCUT2D eigenvalue weighted by Gasteiger charge is 2.06. The SMILES string of the molecule is CC(C)CCNC(=O)Cn1ccc2ccc(Br)cc21. The van der Waals surface area contributed by atoms with Crippen molar-refractivity contribution in [2.75, 3.05) is 6.54 Å². The molecule has 0 saturated carbocycles. The number of nitrogens with one attached hydrogen (secondary N) is 1. The Kier molecular flexibility index (Phi) is 4.64. The molecule has 0 fully saturated rings. The second kappa shape index (κ2) is 6.24. The zero-order valence-electron chi connectivity index (χ0n) is 11.3. The van der Waals surface area contributed by atoms with Gasteiger partial charge in [0, 0.05) is 22.7 Å². The third-order valence-corrected chi connectivity index (χ3v) is 3.59. The van der Waals surface area contributed by atoms with Crippen molar-refractivity contribution in [3.8, 4) is 0 Å². The highest BCUT2D eigenvalue weighted by atomic mass is 79.9. The fourth-order valence-electron chi connectivity index (χ4n) is 2.01. The molecule has 0 aliphatic heterocycles. The number of carbonyl (C=O) groups is 1. The molecule has 0 unspecified atom stereocenters. The van der Waals surface area contributed by atoms with Gasteiger partial charge in [0.15, 0.2) is 0 Å². The Morgan fingerprint density at radius 3 is 2.89 bits per heavy atom. The number of hydrogen-bond donors (Lipinski definition) is 1. The van der Waals surface area contributed by atoms with Crippen LogP contribution in [0.2, 0.25) is 0 Å². The van der Waals surface area contributed by atoms with Crippen LogP contribution in [0.1, 0.15) is 20.3 Å². The Morgan fingerprint density at radius 2 is 2.16 bits per heavy atom. The van der Waals surface area contributed by atoms with Gasteiger partial charge in [0.25, 0.3) is 0 Å². The lowest BCUT2D eigenvalue weighted by atomic mass is 10.1. The molecule has 4 heteroatoms. The quantitative estimate of drug-likeness (QED) is 0.897. The van der Waals surface area contributed by atoms with Crippen LogP contribution in [-0.2, 0) is 11.3 Å². The molecular weight excluding hydrogens is 304 g/mol. The largest absolute Gasteiger partial charge is 0.355 e. The van der Waals surface area contributed by atoms with Crippen molar-refractivity contribution < 1.29 is 4.79 Å². The molecule has 1 amide bonds. The van der Waals surface area contributed by atoms with Crippen LogP contribution in [0.25, 0.3) is 10.9 Å². The Hall–Kier alpha value is -1.29. The standard InChI is InChI=1S/C15H19BrN2O/c1-11(2)5-7-17-15(19)10-18-8-6-12-3-4-13(16)9-14(12)18/h3-4,6,8-9,11H,5,7,10H2,1-2H3,(H,17,19). The zero-order chi connectivity index (χ0) is 13.8. The highest BCUT2D eigenvalue weighted by Crippen LogP contribution is 2.20. The third-order valence-electron chi connectivity index (χ3n) is 3.09. The van der Waals surface area contributed by atoms with Crippen molar-refractivity contribution in [3.05, 3.63) is 34.9 Å². The molecular formula is C15H19BrN2O. The van der Waals surface area contributed by atoms with Gasteiger partial charge in [-0.15, -0.1) is 0 Å². The molecule has 1 heterocycles. The van der Waals surface area contributed by atoms with Gasteiger partial charge >= 0.3 is 0 Å². The first-order chi connectivity index (χ1) is 9.06. The van der Waals surface area contributed by atoms with Gasteiger partial charge < -0.3 is 9.88 Å². The number of hydrogen-bond acceptors (Lipinski definition) is 1. The van der Waals surface area contributed by atoms with Crippen LogP contribution in [0.5, 0.6) is 0 Å². The van der Waals surface area contributed by atoms with E-state index in [1.54, 1.807) is 0 Å². The van der Waals surface area contributed by atoms with E-state index in [0.717, 1.165) is 28.3 Å². The van der Waals surface area contributed by atoms with Crippen molar-refractivity contribution in [2.45, 2.75) is 26.8 Å². The van der Waals surface area contributed by atoms with Gasteiger partial charge in [-0.05, 0) is 35.9 Å². The minimum atomic E-state index is 0.0677. The maximum absolute atomic E-state index is 11.9. The van der Waals surface area contributed by atoms with Crippen LogP contribution < -0.4 is 5.32 Å². The molecule has 0 radical (unpaired) electrons. The van der Waals surface area contributed by atoms with Crippen LogP contribution in [0.15, 0.2) is 34.9 Å². The fraction of sp³-hybridized carbons (Fsp3) is 0.400. The lowest BCUT2D eigenvalue weighted by molar-refractivity contribution is -0.121. The smallest absolute Gasteiger partial charge is 0.239 e. The van der Waals surface area contributed by atoms with E-state index >= 15 is 0 Å².